The highest BCUT2D eigenvalue weighted by atomic mass is 16.6. The number of aliphatic hydroxyl groups is 1. The van der Waals surface area contributed by atoms with Crippen molar-refractivity contribution in [1.82, 2.24) is 0 Å². The molecule has 1 unspecified atom stereocenters. The number of carbonyl (C=O) groups is 1. The van der Waals surface area contributed by atoms with Crippen LogP contribution in [0.5, 0.6) is 0 Å². The van der Waals surface area contributed by atoms with Gasteiger partial charge in [0.15, 0.2) is 0 Å². The van der Waals surface area contributed by atoms with Crippen LogP contribution in [0.1, 0.15) is 33.6 Å². The van der Waals surface area contributed by atoms with Crippen molar-refractivity contribution in [3.8, 4) is 0 Å². The number of hydrogen-bond donors (Lipinski definition) is 1. The van der Waals surface area contributed by atoms with Crippen LogP contribution in [0.25, 0.3) is 0 Å². The SMILES string of the molecule is CC1(C)[C@@H]2CC[C@@]1(C)C(=O)OC2O. The second-order valence-electron chi connectivity index (χ2n) is 4.99. The number of ether oxygens (including phenoxy) is 1. The summed E-state index contributed by atoms with van der Waals surface area (Å²) < 4.78 is 4.93. The average Bonchev–Trinajstić information content (AvgIpc) is 2.16. The Hall–Kier alpha value is -0.570. The fourth-order valence-corrected chi connectivity index (χ4v) is 2.72. The number of cyclic esters (lactones) is 1. The predicted octanol–water partition coefficient (Wildman–Crippen LogP) is 1.30. The zero-order valence-electron chi connectivity index (χ0n) is 8.33. The standard InChI is InChI=1S/C10H16O3/c1-9(2)6-4-5-10(9,3)8(12)13-7(6)11/h6-7,11H,4-5H2,1-3H3/t6-,7?,10+/m1/s1. The van der Waals surface area contributed by atoms with Crippen molar-refractivity contribution in [2.24, 2.45) is 16.7 Å². The van der Waals surface area contributed by atoms with Gasteiger partial charge in [-0.3, -0.25) is 4.79 Å². The van der Waals surface area contributed by atoms with Gasteiger partial charge in [0.1, 0.15) is 0 Å². The zero-order chi connectivity index (χ0) is 9.85. The highest BCUT2D eigenvalue weighted by Gasteiger charge is 2.63. The number of esters is 1. The van der Waals surface area contributed by atoms with Gasteiger partial charge in [0.25, 0.3) is 0 Å². The molecule has 0 aromatic rings. The monoisotopic (exact) mass is 184 g/mol. The lowest BCUT2D eigenvalue weighted by molar-refractivity contribution is -0.221. The summed E-state index contributed by atoms with van der Waals surface area (Å²) in [7, 11) is 0. The highest BCUT2D eigenvalue weighted by molar-refractivity contribution is 5.79. The van der Waals surface area contributed by atoms with Crippen molar-refractivity contribution in [2.75, 3.05) is 0 Å². The normalized spacial score (nSPS) is 47.5. The summed E-state index contributed by atoms with van der Waals surface area (Å²) >= 11 is 0. The Balaban J connectivity index is 2.45. The first-order chi connectivity index (χ1) is 5.89. The second-order valence-corrected chi connectivity index (χ2v) is 4.99. The Kier molecular flexibility index (Phi) is 1.57. The summed E-state index contributed by atoms with van der Waals surface area (Å²) in [4.78, 5) is 11.6. The second kappa shape index (κ2) is 2.27. The molecule has 1 aliphatic heterocycles. The molecule has 1 heterocycles. The van der Waals surface area contributed by atoms with Gasteiger partial charge in [-0.15, -0.1) is 0 Å². The summed E-state index contributed by atoms with van der Waals surface area (Å²) in [5.41, 5.74) is -0.529. The molecule has 2 rings (SSSR count). The van der Waals surface area contributed by atoms with Gasteiger partial charge >= 0.3 is 5.97 Å². The van der Waals surface area contributed by atoms with Gasteiger partial charge in [-0.05, 0) is 25.2 Å². The van der Waals surface area contributed by atoms with Crippen LogP contribution in [0.2, 0.25) is 0 Å². The van der Waals surface area contributed by atoms with E-state index in [9.17, 15) is 9.90 Å². The molecule has 0 aromatic heterocycles. The number of rotatable bonds is 0. The topological polar surface area (TPSA) is 46.5 Å². The molecular formula is C10H16O3. The lowest BCUT2D eigenvalue weighted by atomic mass is 9.64. The maximum atomic E-state index is 11.6. The van der Waals surface area contributed by atoms with Gasteiger partial charge in [0, 0.05) is 5.92 Å². The first kappa shape index (κ1) is 9.00. The average molecular weight is 184 g/mol. The quantitative estimate of drug-likeness (QED) is 0.577. The van der Waals surface area contributed by atoms with Crippen molar-refractivity contribution in [3.05, 3.63) is 0 Å². The molecule has 0 aromatic carbocycles. The third-order valence-electron chi connectivity index (χ3n) is 4.33. The van der Waals surface area contributed by atoms with Crippen LogP contribution < -0.4 is 0 Å². The van der Waals surface area contributed by atoms with Gasteiger partial charge in [-0.25, -0.2) is 0 Å². The van der Waals surface area contributed by atoms with Crippen LogP contribution in [-0.4, -0.2) is 17.4 Å². The summed E-state index contributed by atoms with van der Waals surface area (Å²) in [5, 5.41) is 9.57. The molecule has 2 aliphatic rings. The first-order valence-corrected chi connectivity index (χ1v) is 4.79. The van der Waals surface area contributed by atoms with E-state index in [1.807, 2.05) is 20.8 Å². The number of hydrogen-bond acceptors (Lipinski definition) is 3. The first-order valence-electron chi connectivity index (χ1n) is 4.79. The molecule has 1 aliphatic carbocycles. The van der Waals surface area contributed by atoms with Crippen molar-refractivity contribution in [3.63, 3.8) is 0 Å². The van der Waals surface area contributed by atoms with E-state index >= 15 is 0 Å². The molecule has 13 heavy (non-hydrogen) atoms. The molecule has 1 saturated carbocycles. The molecule has 0 radical (unpaired) electrons. The van der Waals surface area contributed by atoms with Crippen LogP contribution in [-0.2, 0) is 9.53 Å². The van der Waals surface area contributed by atoms with Crippen LogP contribution in [0, 0.1) is 16.7 Å². The minimum Gasteiger partial charge on any atom is -0.435 e. The van der Waals surface area contributed by atoms with Crippen molar-refractivity contribution >= 4 is 5.97 Å². The molecule has 3 atom stereocenters. The Morgan fingerprint density at radius 2 is 2.08 bits per heavy atom. The van der Waals surface area contributed by atoms with E-state index in [1.54, 1.807) is 0 Å². The largest absolute Gasteiger partial charge is 0.435 e. The molecule has 0 spiro atoms. The van der Waals surface area contributed by atoms with E-state index in [-0.39, 0.29) is 17.3 Å². The fourth-order valence-electron chi connectivity index (χ4n) is 2.72. The van der Waals surface area contributed by atoms with Crippen LogP contribution in [0.3, 0.4) is 0 Å². The highest BCUT2D eigenvalue weighted by Crippen LogP contribution is 2.60. The van der Waals surface area contributed by atoms with E-state index < -0.39 is 11.7 Å². The Bertz CT molecular complexity index is 259. The Morgan fingerprint density at radius 3 is 2.69 bits per heavy atom. The molecule has 2 fully saturated rings. The lowest BCUT2D eigenvalue weighted by Crippen LogP contribution is -2.51. The molecule has 74 valence electrons. The number of carbonyl (C=O) groups excluding carboxylic acids is 1. The summed E-state index contributed by atoms with van der Waals surface area (Å²) in [6.45, 7) is 6.05. The van der Waals surface area contributed by atoms with E-state index in [2.05, 4.69) is 0 Å². The Labute approximate surface area is 78.1 Å². The van der Waals surface area contributed by atoms with E-state index in [0.29, 0.717) is 0 Å². The molecule has 2 bridgehead atoms. The molecule has 1 saturated heterocycles. The van der Waals surface area contributed by atoms with E-state index in [1.165, 1.54) is 0 Å². The third kappa shape index (κ3) is 0.857. The van der Waals surface area contributed by atoms with Gasteiger partial charge in [-0.2, -0.15) is 0 Å². The fraction of sp³-hybridized carbons (Fsp3) is 0.900. The maximum Gasteiger partial charge on any atom is 0.314 e. The number of fused-ring (bicyclic) bond motifs is 2. The van der Waals surface area contributed by atoms with Gasteiger partial charge < -0.3 is 9.84 Å². The van der Waals surface area contributed by atoms with Crippen molar-refractivity contribution < 1.29 is 14.6 Å². The van der Waals surface area contributed by atoms with Gasteiger partial charge in [0.05, 0.1) is 5.41 Å². The van der Waals surface area contributed by atoms with E-state index in [4.69, 9.17) is 4.74 Å². The predicted molar refractivity (Wildman–Crippen MR) is 46.7 cm³/mol. The lowest BCUT2D eigenvalue weighted by Gasteiger charge is -2.45. The van der Waals surface area contributed by atoms with Crippen molar-refractivity contribution in [1.29, 1.82) is 0 Å². The maximum absolute atomic E-state index is 11.6. The van der Waals surface area contributed by atoms with Gasteiger partial charge in [0.2, 0.25) is 6.29 Å². The van der Waals surface area contributed by atoms with Crippen LogP contribution >= 0.6 is 0 Å². The van der Waals surface area contributed by atoms with E-state index in [0.717, 1.165) is 12.8 Å². The number of aliphatic hydroxyl groups excluding tert-OH is 1. The Morgan fingerprint density at radius 1 is 1.46 bits per heavy atom. The summed E-state index contributed by atoms with van der Waals surface area (Å²) in [6.07, 6.45) is 0.829. The molecule has 0 amide bonds. The van der Waals surface area contributed by atoms with Crippen molar-refractivity contribution in [2.45, 2.75) is 39.9 Å². The zero-order valence-corrected chi connectivity index (χ0v) is 8.33. The smallest absolute Gasteiger partial charge is 0.314 e. The molecule has 3 heteroatoms. The molecule has 1 N–H and O–H groups in total. The van der Waals surface area contributed by atoms with Crippen LogP contribution in [0.15, 0.2) is 0 Å². The molecular weight excluding hydrogens is 168 g/mol. The summed E-state index contributed by atoms with van der Waals surface area (Å²) in [6, 6.07) is 0. The van der Waals surface area contributed by atoms with Crippen LogP contribution in [0.4, 0.5) is 0 Å². The van der Waals surface area contributed by atoms with Gasteiger partial charge in [-0.1, -0.05) is 13.8 Å². The summed E-state index contributed by atoms with van der Waals surface area (Å²) in [5.74, 6) is -0.131. The minimum absolute atomic E-state index is 0.107. The minimum atomic E-state index is -0.891. The third-order valence-corrected chi connectivity index (χ3v) is 4.33. The molecule has 3 nitrogen and oxygen atoms in total.